The molecule has 1 aromatic carbocycles. The van der Waals surface area contributed by atoms with Crippen molar-refractivity contribution in [3.63, 3.8) is 0 Å². The monoisotopic (exact) mass is 224 g/mol. The zero-order chi connectivity index (χ0) is 11.5. The van der Waals surface area contributed by atoms with Crippen molar-refractivity contribution in [3.05, 3.63) is 60.4 Å². The summed E-state index contributed by atoms with van der Waals surface area (Å²) in [6.07, 6.45) is 3.68. The summed E-state index contributed by atoms with van der Waals surface area (Å²) >= 11 is 0. The van der Waals surface area contributed by atoms with Gasteiger partial charge in [-0.25, -0.2) is 4.98 Å². The lowest BCUT2D eigenvalue weighted by Gasteiger charge is -2.04. The van der Waals surface area contributed by atoms with Crippen LogP contribution < -0.4 is 4.74 Å². The molecule has 0 spiro atoms. The standard InChI is InChI=1S/C14H12N2O/c1-2-4-11(5-3-1)10-17-14-8-12-6-7-15-13(12)9-16-14/h1-9,15H,10H2. The first-order chi connectivity index (χ1) is 8.42. The van der Waals surface area contributed by atoms with Gasteiger partial charge < -0.3 is 9.72 Å². The van der Waals surface area contributed by atoms with Crippen molar-refractivity contribution < 1.29 is 4.74 Å². The van der Waals surface area contributed by atoms with Crippen LogP contribution in [-0.2, 0) is 6.61 Å². The number of nitrogens with zero attached hydrogens (tertiary/aromatic N) is 1. The van der Waals surface area contributed by atoms with Gasteiger partial charge >= 0.3 is 0 Å². The Labute approximate surface area is 99.1 Å². The average Bonchev–Trinajstić information content (AvgIpc) is 2.85. The van der Waals surface area contributed by atoms with Crippen LogP contribution >= 0.6 is 0 Å². The number of nitrogens with one attached hydrogen (secondary N) is 1. The second-order valence-corrected chi connectivity index (χ2v) is 3.86. The van der Waals surface area contributed by atoms with Crippen molar-refractivity contribution >= 4 is 10.9 Å². The quantitative estimate of drug-likeness (QED) is 0.742. The maximum Gasteiger partial charge on any atom is 0.214 e. The Bertz CT molecular complexity index is 616. The number of aromatic amines is 1. The highest BCUT2D eigenvalue weighted by atomic mass is 16.5. The molecule has 3 nitrogen and oxygen atoms in total. The lowest BCUT2D eigenvalue weighted by atomic mass is 10.2. The Balaban J connectivity index is 1.76. The van der Waals surface area contributed by atoms with Crippen LogP contribution in [0, 0.1) is 0 Å². The van der Waals surface area contributed by atoms with Gasteiger partial charge in [-0.05, 0) is 11.6 Å². The van der Waals surface area contributed by atoms with E-state index in [9.17, 15) is 0 Å². The highest BCUT2D eigenvalue weighted by molar-refractivity contribution is 5.79. The van der Waals surface area contributed by atoms with E-state index in [0.717, 1.165) is 16.5 Å². The number of H-pyrrole nitrogens is 1. The van der Waals surface area contributed by atoms with E-state index in [-0.39, 0.29) is 0 Å². The number of ether oxygens (including phenoxy) is 1. The maximum atomic E-state index is 5.64. The Kier molecular flexibility index (Phi) is 2.50. The van der Waals surface area contributed by atoms with Crippen molar-refractivity contribution in [3.8, 4) is 5.88 Å². The van der Waals surface area contributed by atoms with Crippen LogP contribution in [0.15, 0.2) is 54.9 Å². The smallest absolute Gasteiger partial charge is 0.214 e. The number of aromatic nitrogens is 2. The number of fused-ring (bicyclic) bond motifs is 1. The molecule has 2 aromatic heterocycles. The van der Waals surface area contributed by atoms with Gasteiger partial charge in [-0.15, -0.1) is 0 Å². The Morgan fingerprint density at radius 1 is 1.12 bits per heavy atom. The molecule has 0 aliphatic heterocycles. The van der Waals surface area contributed by atoms with Crippen molar-refractivity contribution in [1.29, 1.82) is 0 Å². The lowest BCUT2D eigenvalue weighted by Crippen LogP contribution is -1.96. The minimum atomic E-state index is 0.545. The summed E-state index contributed by atoms with van der Waals surface area (Å²) in [5, 5.41) is 1.11. The van der Waals surface area contributed by atoms with Crippen molar-refractivity contribution in [1.82, 2.24) is 9.97 Å². The molecule has 2 heterocycles. The second-order valence-electron chi connectivity index (χ2n) is 3.86. The third-order valence-electron chi connectivity index (χ3n) is 2.64. The molecule has 0 amide bonds. The summed E-state index contributed by atoms with van der Waals surface area (Å²) < 4.78 is 5.64. The summed E-state index contributed by atoms with van der Waals surface area (Å²) in [6, 6.07) is 14.0. The molecular weight excluding hydrogens is 212 g/mol. The molecule has 3 heteroatoms. The van der Waals surface area contributed by atoms with Crippen LogP contribution in [0.1, 0.15) is 5.56 Å². The summed E-state index contributed by atoms with van der Waals surface area (Å²) in [7, 11) is 0. The maximum absolute atomic E-state index is 5.64. The van der Waals surface area contributed by atoms with E-state index in [1.54, 1.807) is 6.20 Å². The fraction of sp³-hybridized carbons (Fsp3) is 0.0714. The minimum absolute atomic E-state index is 0.545. The molecule has 0 aliphatic rings. The topological polar surface area (TPSA) is 37.9 Å². The molecule has 0 bridgehead atoms. The predicted octanol–water partition coefficient (Wildman–Crippen LogP) is 3.14. The Morgan fingerprint density at radius 3 is 2.88 bits per heavy atom. The van der Waals surface area contributed by atoms with Gasteiger partial charge in [0.15, 0.2) is 0 Å². The molecule has 0 saturated heterocycles. The molecule has 3 aromatic rings. The normalized spacial score (nSPS) is 10.6. The average molecular weight is 224 g/mol. The first kappa shape index (κ1) is 9.90. The van der Waals surface area contributed by atoms with Crippen LogP contribution in [0.3, 0.4) is 0 Å². The summed E-state index contributed by atoms with van der Waals surface area (Å²) in [6.45, 7) is 0.545. The second kappa shape index (κ2) is 4.29. The van der Waals surface area contributed by atoms with E-state index in [1.807, 2.05) is 48.7 Å². The summed E-state index contributed by atoms with van der Waals surface area (Å²) in [5.74, 6) is 0.654. The van der Waals surface area contributed by atoms with Gasteiger partial charge in [0.05, 0.1) is 11.7 Å². The van der Waals surface area contributed by atoms with E-state index in [0.29, 0.717) is 12.5 Å². The van der Waals surface area contributed by atoms with E-state index in [2.05, 4.69) is 9.97 Å². The number of benzene rings is 1. The molecule has 84 valence electrons. The summed E-state index contributed by atoms with van der Waals surface area (Å²) in [5.41, 5.74) is 2.17. The summed E-state index contributed by atoms with van der Waals surface area (Å²) in [4.78, 5) is 7.34. The van der Waals surface area contributed by atoms with Gasteiger partial charge in [0.2, 0.25) is 5.88 Å². The number of pyridine rings is 1. The molecule has 0 unspecified atom stereocenters. The van der Waals surface area contributed by atoms with Gasteiger partial charge in [-0.3, -0.25) is 0 Å². The van der Waals surface area contributed by atoms with Crippen LogP contribution in [0.4, 0.5) is 0 Å². The molecule has 3 rings (SSSR count). The minimum Gasteiger partial charge on any atom is -0.473 e. The molecule has 0 saturated carbocycles. The number of hydrogen-bond acceptors (Lipinski definition) is 2. The zero-order valence-corrected chi connectivity index (χ0v) is 9.26. The molecule has 0 fully saturated rings. The SMILES string of the molecule is c1ccc(COc2cc3cc[nH]c3cn2)cc1. The molecule has 1 N–H and O–H groups in total. The molecule has 0 radical (unpaired) electrons. The van der Waals surface area contributed by atoms with Gasteiger partial charge in [-0.1, -0.05) is 30.3 Å². The van der Waals surface area contributed by atoms with Crippen LogP contribution in [-0.4, -0.2) is 9.97 Å². The fourth-order valence-electron chi connectivity index (χ4n) is 1.74. The van der Waals surface area contributed by atoms with Gasteiger partial charge in [0.25, 0.3) is 0 Å². The van der Waals surface area contributed by atoms with Crippen molar-refractivity contribution in [2.75, 3.05) is 0 Å². The van der Waals surface area contributed by atoms with E-state index in [1.165, 1.54) is 0 Å². The van der Waals surface area contributed by atoms with Crippen molar-refractivity contribution in [2.24, 2.45) is 0 Å². The zero-order valence-electron chi connectivity index (χ0n) is 9.26. The third-order valence-corrected chi connectivity index (χ3v) is 2.64. The van der Waals surface area contributed by atoms with E-state index >= 15 is 0 Å². The first-order valence-corrected chi connectivity index (χ1v) is 5.52. The third kappa shape index (κ3) is 2.13. The Hall–Kier alpha value is -2.29. The highest BCUT2D eigenvalue weighted by Gasteiger charge is 2.00. The largest absolute Gasteiger partial charge is 0.473 e. The van der Waals surface area contributed by atoms with Gasteiger partial charge in [0.1, 0.15) is 6.61 Å². The van der Waals surface area contributed by atoms with Crippen LogP contribution in [0.25, 0.3) is 10.9 Å². The van der Waals surface area contributed by atoms with Gasteiger partial charge in [-0.2, -0.15) is 0 Å². The number of rotatable bonds is 3. The lowest BCUT2D eigenvalue weighted by molar-refractivity contribution is 0.294. The van der Waals surface area contributed by atoms with E-state index < -0.39 is 0 Å². The first-order valence-electron chi connectivity index (χ1n) is 5.52. The van der Waals surface area contributed by atoms with Crippen molar-refractivity contribution in [2.45, 2.75) is 6.61 Å². The fourth-order valence-corrected chi connectivity index (χ4v) is 1.74. The molecule has 17 heavy (non-hydrogen) atoms. The molecule has 0 aliphatic carbocycles. The van der Waals surface area contributed by atoms with E-state index in [4.69, 9.17) is 4.74 Å². The molecular formula is C14H12N2O. The van der Waals surface area contributed by atoms with Gasteiger partial charge in [0, 0.05) is 17.6 Å². The Morgan fingerprint density at radius 2 is 2.00 bits per heavy atom. The van der Waals surface area contributed by atoms with Crippen LogP contribution in [0.5, 0.6) is 5.88 Å². The van der Waals surface area contributed by atoms with Crippen LogP contribution in [0.2, 0.25) is 0 Å². The molecule has 0 atom stereocenters. The number of hydrogen-bond donors (Lipinski definition) is 1. The predicted molar refractivity (Wildman–Crippen MR) is 66.9 cm³/mol. The highest BCUT2D eigenvalue weighted by Crippen LogP contribution is 2.17.